The smallest absolute Gasteiger partial charge is 0.365 e. The van der Waals surface area contributed by atoms with Crippen molar-refractivity contribution in [2.24, 2.45) is 24.8 Å². The van der Waals surface area contributed by atoms with Gasteiger partial charge in [0.25, 0.3) is 0 Å². The van der Waals surface area contributed by atoms with Crippen molar-refractivity contribution in [3.8, 4) is 11.6 Å². The number of nitrogens with zero attached hydrogens (tertiary/aromatic N) is 8. The molecule has 0 saturated heterocycles. The van der Waals surface area contributed by atoms with E-state index in [2.05, 4.69) is 50.9 Å². The minimum absolute atomic E-state index is 0.197. The molecule has 12 heteroatoms. The van der Waals surface area contributed by atoms with Crippen molar-refractivity contribution in [1.29, 1.82) is 0 Å². The van der Waals surface area contributed by atoms with Gasteiger partial charge in [0, 0.05) is 45.0 Å². The van der Waals surface area contributed by atoms with E-state index in [-0.39, 0.29) is 17.7 Å². The van der Waals surface area contributed by atoms with E-state index in [4.69, 9.17) is 19.5 Å². The van der Waals surface area contributed by atoms with Crippen molar-refractivity contribution in [2.45, 2.75) is 77.9 Å². The molecule has 208 valence electrons. The number of aryl methyl sites for hydroxylation is 1. The molecule has 0 spiro atoms. The minimum atomic E-state index is -0.708. The number of imidazole rings is 1. The molecule has 12 nitrogen and oxygen atoms in total. The predicted octanol–water partition coefficient (Wildman–Crippen LogP) is 3.97. The molecule has 4 heterocycles. The van der Waals surface area contributed by atoms with Gasteiger partial charge < -0.3 is 19.3 Å². The maximum atomic E-state index is 11.7. The Labute approximate surface area is 227 Å². The van der Waals surface area contributed by atoms with Crippen molar-refractivity contribution in [1.82, 2.24) is 39.4 Å². The van der Waals surface area contributed by atoms with E-state index in [1.165, 1.54) is 44.9 Å². The Bertz CT molecular complexity index is 1490. The molecule has 1 atom stereocenters. The number of H-pyrrole nitrogens is 1. The molecule has 0 aliphatic heterocycles. The third kappa shape index (κ3) is 5.28. The molecule has 4 aromatic heterocycles. The summed E-state index contributed by atoms with van der Waals surface area (Å²) in [6, 6.07) is 0.247. The van der Waals surface area contributed by atoms with Crippen molar-refractivity contribution in [3.05, 3.63) is 28.5 Å². The summed E-state index contributed by atoms with van der Waals surface area (Å²) in [5.41, 5.74) is 2.57. The first-order valence-corrected chi connectivity index (χ1v) is 14.1. The average molecular weight is 535 g/mol. The van der Waals surface area contributed by atoms with Gasteiger partial charge in [0.15, 0.2) is 11.5 Å². The Morgan fingerprint density at radius 1 is 1.15 bits per heavy atom. The first-order valence-electron chi connectivity index (χ1n) is 14.1. The molecule has 2 fully saturated rings. The van der Waals surface area contributed by atoms with Crippen LogP contribution in [0.25, 0.3) is 22.8 Å². The summed E-state index contributed by atoms with van der Waals surface area (Å²) in [7, 11) is 3.98. The largest absolute Gasteiger partial charge is 0.460 e. The SMILES string of the molecule is C[C@@H](Nc1nc(-c2nc(=O)o[nH]2)nc2nc(N(C)Cc3cnn(C)c3)n(C[C@H]3CC[C@H](C)CC3)c12)C1CCC1. The molecule has 0 aromatic carbocycles. The summed E-state index contributed by atoms with van der Waals surface area (Å²) in [6.07, 6.45) is 12.5. The maximum absolute atomic E-state index is 11.7. The number of aromatic amines is 1. The summed E-state index contributed by atoms with van der Waals surface area (Å²) in [4.78, 5) is 32.4. The molecular weight excluding hydrogens is 496 g/mol. The monoisotopic (exact) mass is 534 g/mol. The van der Waals surface area contributed by atoms with Crippen LogP contribution in [-0.2, 0) is 20.1 Å². The number of nitrogens with one attached hydrogen (secondary N) is 2. The second-order valence-electron chi connectivity index (χ2n) is 11.6. The molecule has 39 heavy (non-hydrogen) atoms. The van der Waals surface area contributed by atoms with Crippen molar-refractivity contribution >= 4 is 22.9 Å². The lowest BCUT2D eigenvalue weighted by molar-refractivity contribution is 0.267. The highest BCUT2D eigenvalue weighted by Gasteiger charge is 2.29. The molecule has 0 bridgehead atoms. The first-order chi connectivity index (χ1) is 18.8. The highest BCUT2D eigenvalue weighted by Crippen LogP contribution is 2.36. The van der Waals surface area contributed by atoms with Crippen LogP contribution in [0, 0.1) is 17.8 Å². The van der Waals surface area contributed by atoms with Crippen molar-refractivity contribution < 1.29 is 4.52 Å². The molecule has 2 saturated carbocycles. The summed E-state index contributed by atoms with van der Waals surface area (Å²) >= 11 is 0. The lowest BCUT2D eigenvalue weighted by Gasteiger charge is -2.32. The van der Waals surface area contributed by atoms with Crippen LogP contribution < -0.4 is 16.0 Å². The molecular formula is C27H38N10O2. The summed E-state index contributed by atoms with van der Waals surface area (Å²) in [6.45, 7) is 6.08. The topological polar surface area (TPSA) is 136 Å². The zero-order valence-corrected chi connectivity index (χ0v) is 23.2. The lowest BCUT2D eigenvalue weighted by atomic mass is 9.80. The lowest BCUT2D eigenvalue weighted by Crippen LogP contribution is -2.31. The number of rotatable bonds is 9. The van der Waals surface area contributed by atoms with Crippen LogP contribution >= 0.6 is 0 Å². The third-order valence-electron chi connectivity index (χ3n) is 8.55. The number of fused-ring (bicyclic) bond motifs is 1. The standard InChI is InChI=1S/C27H38N10O2/c1-16-8-10-18(11-9-16)15-37-21-22(29-17(2)20-6-5-7-20)30-24(25-33-27(38)39-34-25)31-23(21)32-26(37)35(3)13-19-12-28-36(4)14-19/h12,14,16-18,20H,5-11,13,15H2,1-4H3,(H,29,30,31)(H,33,34,38)/t16-,17-,18-/m1/s1. The van der Waals surface area contributed by atoms with E-state index in [1.807, 2.05) is 24.1 Å². The first kappa shape index (κ1) is 25.6. The van der Waals surface area contributed by atoms with E-state index < -0.39 is 5.76 Å². The molecule has 0 radical (unpaired) electrons. The third-order valence-corrected chi connectivity index (χ3v) is 8.55. The molecule has 0 unspecified atom stereocenters. The molecule has 0 amide bonds. The number of aromatic nitrogens is 8. The van der Waals surface area contributed by atoms with Gasteiger partial charge in [0.2, 0.25) is 17.6 Å². The van der Waals surface area contributed by atoms with Crippen LogP contribution in [0.1, 0.15) is 64.4 Å². The average Bonchev–Trinajstić information content (AvgIpc) is 3.58. The van der Waals surface area contributed by atoms with Crippen LogP contribution in [0.4, 0.5) is 11.8 Å². The maximum Gasteiger partial charge on any atom is 0.460 e. The highest BCUT2D eigenvalue weighted by molar-refractivity contribution is 5.87. The minimum Gasteiger partial charge on any atom is -0.365 e. The van der Waals surface area contributed by atoms with Crippen molar-refractivity contribution in [3.63, 3.8) is 0 Å². The Kier molecular flexibility index (Phi) is 6.86. The molecule has 2 aliphatic rings. The van der Waals surface area contributed by atoms with E-state index in [0.29, 0.717) is 24.0 Å². The fourth-order valence-electron chi connectivity index (χ4n) is 5.96. The van der Waals surface area contributed by atoms with Crippen LogP contribution in [0.15, 0.2) is 21.7 Å². The van der Waals surface area contributed by atoms with Gasteiger partial charge in [-0.1, -0.05) is 26.2 Å². The zero-order chi connectivity index (χ0) is 27.1. The molecule has 2 N–H and O–H groups in total. The van der Waals surface area contributed by atoms with Gasteiger partial charge in [0.1, 0.15) is 5.52 Å². The van der Waals surface area contributed by atoms with E-state index in [1.54, 1.807) is 0 Å². The quantitative estimate of drug-likeness (QED) is 0.327. The Balaban J connectivity index is 1.46. The fraction of sp³-hybridized carbons (Fsp3) is 0.630. The van der Waals surface area contributed by atoms with Gasteiger partial charge in [0.05, 0.1) is 6.20 Å². The second kappa shape index (κ2) is 10.5. The Morgan fingerprint density at radius 3 is 2.59 bits per heavy atom. The Morgan fingerprint density at radius 2 is 1.95 bits per heavy atom. The molecule has 6 rings (SSSR count). The van der Waals surface area contributed by atoms with Crippen molar-refractivity contribution in [2.75, 3.05) is 17.3 Å². The highest BCUT2D eigenvalue weighted by atomic mass is 16.5. The van der Waals surface area contributed by atoms with Gasteiger partial charge in [-0.05, 0) is 50.4 Å². The van der Waals surface area contributed by atoms with Crippen LogP contribution in [0.5, 0.6) is 0 Å². The number of hydrogen-bond acceptors (Lipinski definition) is 9. The molecule has 2 aliphatic carbocycles. The van der Waals surface area contributed by atoms with Gasteiger partial charge in [-0.25, -0.2) is 14.8 Å². The summed E-state index contributed by atoms with van der Waals surface area (Å²) < 4.78 is 8.95. The van der Waals surface area contributed by atoms with E-state index >= 15 is 0 Å². The normalized spacial score (nSPS) is 20.7. The second-order valence-corrected chi connectivity index (χ2v) is 11.6. The number of hydrogen-bond donors (Lipinski definition) is 2. The van der Waals surface area contributed by atoms with E-state index in [9.17, 15) is 4.79 Å². The van der Waals surface area contributed by atoms with Crippen LogP contribution in [-0.4, -0.2) is 52.5 Å². The van der Waals surface area contributed by atoms with Gasteiger partial charge in [-0.3, -0.25) is 4.68 Å². The van der Waals surface area contributed by atoms with Gasteiger partial charge >= 0.3 is 5.76 Å². The zero-order valence-electron chi connectivity index (χ0n) is 23.2. The summed E-state index contributed by atoms with van der Waals surface area (Å²) in [5.74, 6) is 3.28. The van der Waals surface area contributed by atoms with Gasteiger partial charge in [-0.2, -0.15) is 15.2 Å². The van der Waals surface area contributed by atoms with Crippen LogP contribution in [0.3, 0.4) is 0 Å². The fourth-order valence-corrected chi connectivity index (χ4v) is 5.96. The van der Waals surface area contributed by atoms with Crippen LogP contribution in [0.2, 0.25) is 0 Å². The van der Waals surface area contributed by atoms with E-state index in [0.717, 1.165) is 35.3 Å². The van der Waals surface area contributed by atoms with Gasteiger partial charge in [-0.15, -0.1) is 4.98 Å². The summed E-state index contributed by atoms with van der Waals surface area (Å²) in [5, 5.41) is 10.6. The Hall–Kier alpha value is -3.70. The number of anilines is 2. The predicted molar refractivity (Wildman–Crippen MR) is 148 cm³/mol. The molecule has 4 aromatic rings.